The molecule has 2 N–H and O–H groups in total. The molecule has 0 aromatic heterocycles. The summed E-state index contributed by atoms with van der Waals surface area (Å²) in [4.78, 5) is 13.9. The van der Waals surface area contributed by atoms with E-state index in [1.54, 1.807) is 0 Å². The fourth-order valence-corrected chi connectivity index (χ4v) is 2.78. The van der Waals surface area contributed by atoms with Gasteiger partial charge in [0, 0.05) is 12.6 Å². The van der Waals surface area contributed by atoms with Gasteiger partial charge in [0.05, 0.1) is 0 Å². The van der Waals surface area contributed by atoms with Gasteiger partial charge in [-0.15, -0.1) is 0 Å². The van der Waals surface area contributed by atoms with Gasteiger partial charge in [0.1, 0.15) is 5.54 Å². The fraction of sp³-hybridized carbons (Fsp3) is 0.933. The molecule has 0 bridgehead atoms. The van der Waals surface area contributed by atoms with Gasteiger partial charge < -0.3 is 15.3 Å². The fourth-order valence-electron chi connectivity index (χ4n) is 2.78. The third-order valence-corrected chi connectivity index (χ3v) is 4.64. The van der Waals surface area contributed by atoms with Crippen molar-refractivity contribution in [1.29, 1.82) is 0 Å². The van der Waals surface area contributed by atoms with Gasteiger partial charge in [-0.05, 0) is 58.5 Å². The molecule has 1 aliphatic rings. The van der Waals surface area contributed by atoms with Crippen molar-refractivity contribution < 1.29 is 9.90 Å². The van der Waals surface area contributed by atoms with Gasteiger partial charge >= 0.3 is 5.97 Å². The number of nitrogens with zero attached hydrogens (tertiary/aromatic N) is 1. The van der Waals surface area contributed by atoms with E-state index in [4.69, 9.17) is 0 Å². The van der Waals surface area contributed by atoms with E-state index in [0.717, 1.165) is 26.1 Å². The lowest BCUT2D eigenvalue weighted by atomic mass is 9.90. The normalized spacial score (nSPS) is 28.0. The summed E-state index contributed by atoms with van der Waals surface area (Å²) in [5, 5.41) is 12.6. The van der Waals surface area contributed by atoms with Crippen molar-refractivity contribution >= 4 is 5.97 Å². The molecule has 1 heterocycles. The lowest BCUT2D eigenvalue weighted by Gasteiger charge is -2.39. The van der Waals surface area contributed by atoms with Crippen LogP contribution in [0.1, 0.15) is 53.4 Å². The Morgan fingerprint density at radius 1 is 1.47 bits per heavy atom. The molecule has 1 saturated heterocycles. The molecule has 1 aliphatic heterocycles. The van der Waals surface area contributed by atoms with E-state index >= 15 is 0 Å². The van der Waals surface area contributed by atoms with E-state index in [0.29, 0.717) is 18.4 Å². The van der Waals surface area contributed by atoms with Crippen LogP contribution in [0.4, 0.5) is 0 Å². The van der Waals surface area contributed by atoms with Crippen LogP contribution in [0.25, 0.3) is 0 Å². The number of likely N-dealkylation sites (tertiary alicyclic amines) is 1. The zero-order valence-electron chi connectivity index (χ0n) is 12.9. The monoisotopic (exact) mass is 270 g/mol. The Morgan fingerprint density at radius 3 is 2.74 bits per heavy atom. The first-order valence-corrected chi connectivity index (χ1v) is 7.63. The van der Waals surface area contributed by atoms with Gasteiger partial charge in [0.25, 0.3) is 0 Å². The van der Waals surface area contributed by atoms with Crippen molar-refractivity contribution in [3.05, 3.63) is 0 Å². The van der Waals surface area contributed by atoms with E-state index in [-0.39, 0.29) is 0 Å². The highest BCUT2D eigenvalue weighted by atomic mass is 16.4. The summed E-state index contributed by atoms with van der Waals surface area (Å²) in [7, 11) is 0. The number of carboxylic acids is 1. The molecule has 19 heavy (non-hydrogen) atoms. The Balaban J connectivity index is 2.53. The summed E-state index contributed by atoms with van der Waals surface area (Å²) in [6, 6.07) is 0.568. The second-order valence-corrected chi connectivity index (χ2v) is 6.21. The Bertz CT molecular complexity index is 296. The van der Waals surface area contributed by atoms with Crippen molar-refractivity contribution in [2.24, 2.45) is 5.92 Å². The topological polar surface area (TPSA) is 52.6 Å². The second-order valence-electron chi connectivity index (χ2n) is 6.21. The van der Waals surface area contributed by atoms with Gasteiger partial charge in [-0.2, -0.15) is 0 Å². The lowest BCUT2D eigenvalue weighted by molar-refractivity contribution is -0.144. The molecular formula is C15H30N2O2. The number of carbonyl (C=O) groups is 1. The maximum atomic E-state index is 11.5. The van der Waals surface area contributed by atoms with Crippen molar-refractivity contribution in [1.82, 2.24) is 10.2 Å². The maximum Gasteiger partial charge on any atom is 0.323 e. The minimum absolute atomic E-state index is 0.568. The molecule has 4 nitrogen and oxygen atoms in total. The predicted molar refractivity (Wildman–Crippen MR) is 78.4 cm³/mol. The zero-order chi connectivity index (χ0) is 14.5. The molecular weight excluding hydrogens is 240 g/mol. The number of rotatable bonds is 7. The first kappa shape index (κ1) is 16.4. The Hall–Kier alpha value is -0.610. The van der Waals surface area contributed by atoms with Crippen LogP contribution < -0.4 is 5.32 Å². The average Bonchev–Trinajstić information content (AvgIpc) is 2.38. The van der Waals surface area contributed by atoms with E-state index in [9.17, 15) is 9.90 Å². The molecule has 112 valence electrons. The van der Waals surface area contributed by atoms with Crippen LogP contribution in [0, 0.1) is 5.92 Å². The molecule has 0 saturated carbocycles. The quantitative estimate of drug-likeness (QED) is 0.745. The number of piperidine rings is 1. The molecule has 0 aromatic rings. The highest BCUT2D eigenvalue weighted by Crippen LogP contribution is 2.24. The summed E-state index contributed by atoms with van der Waals surface area (Å²) in [6.07, 6.45) is 4.15. The minimum Gasteiger partial charge on any atom is -0.480 e. The predicted octanol–water partition coefficient (Wildman–Crippen LogP) is 2.34. The Kier molecular flexibility index (Phi) is 6.27. The van der Waals surface area contributed by atoms with Gasteiger partial charge in [-0.3, -0.25) is 4.79 Å². The highest BCUT2D eigenvalue weighted by Gasteiger charge is 2.34. The molecule has 4 heteroatoms. The maximum absolute atomic E-state index is 11.5. The summed E-state index contributed by atoms with van der Waals surface area (Å²) >= 11 is 0. The molecule has 0 aromatic carbocycles. The lowest BCUT2D eigenvalue weighted by Crippen LogP contribution is -2.53. The first-order chi connectivity index (χ1) is 8.90. The first-order valence-electron chi connectivity index (χ1n) is 7.63. The van der Waals surface area contributed by atoms with Crippen LogP contribution in [-0.4, -0.2) is 47.2 Å². The summed E-state index contributed by atoms with van der Waals surface area (Å²) in [5.74, 6) is -0.0212. The van der Waals surface area contributed by atoms with Crippen molar-refractivity contribution in [3.8, 4) is 0 Å². The Morgan fingerprint density at radius 2 is 2.16 bits per heavy atom. The molecule has 0 radical (unpaired) electrons. The summed E-state index contributed by atoms with van der Waals surface area (Å²) in [6.45, 7) is 11.2. The summed E-state index contributed by atoms with van der Waals surface area (Å²) < 4.78 is 0. The third-order valence-electron chi connectivity index (χ3n) is 4.64. The number of hydrogen-bond donors (Lipinski definition) is 2. The molecule has 0 spiro atoms. The van der Waals surface area contributed by atoms with Crippen LogP contribution in [0.15, 0.2) is 0 Å². The van der Waals surface area contributed by atoms with Gasteiger partial charge in [0.15, 0.2) is 0 Å². The largest absolute Gasteiger partial charge is 0.480 e. The van der Waals surface area contributed by atoms with E-state index < -0.39 is 11.5 Å². The molecule has 0 aliphatic carbocycles. The number of hydrogen-bond acceptors (Lipinski definition) is 3. The van der Waals surface area contributed by atoms with Crippen molar-refractivity contribution in [2.45, 2.75) is 65.0 Å². The molecule has 3 unspecified atom stereocenters. The number of nitrogens with one attached hydrogen (secondary N) is 1. The van der Waals surface area contributed by atoms with Crippen LogP contribution >= 0.6 is 0 Å². The zero-order valence-corrected chi connectivity index (χ0v) is 12.9. The van der Waals surface area contributed by atoms with E-state index in [2.05, 4.69) is 31.0 Å². The highest BCUT2D eigenvalue weighted by molar-refractivity contribution is 5.78. The molecule has 3 atom stereocenters. The minimum atomic E-state index is -0.795. The van der Waals surface area contributed by atoms with Crippen molar-refractivity contribution in [2.75, 3.05) is 19.6 Å². The van der Waals surface area contributed by atoms with Crippen molar-refractivity contribution in [3.63, 3.8) is 0 Å². The smallest absolute Gasteiger partial charge is 0.323 e. The van der Waals surface area contributed by atoms with Crippen LogP contribution in [-0.2, 0) is 4.79 Å². The SMILES string of the molecule is CCCNC(C)(CCN1CCCC(C)C1C)C(=O)O. The Labute approximate surface area is 117 Å². The average molecular weight is 270 g/mol. The third kappa shape index (κ3) is 4.46. The number of aliphatic carboxylic acids is 1. The standard InChI is InChI=1S/C15H30N2O2/c1-5-9-16-15(4,14(18)19)8-11-17-10-6-7-12(2)13(17)3/h12-13,16H,5-11H2,1-4H3,(H,18,19). The molecule has 0 amide bonds. The van der Waals surface area contributed by atoms with Crippen LogP contribution in [0.3, 0.4) is 0 Å². The van der Waals surface area contributed by atoms with E-state index in [1.165, 1.54) is 12.8 Å². The molecule has 1 fully saturated rings. The van der Waals surface area contributed by atoms with Crippen LogP contribution in [0.2, 0.25) is 0 Å². The van der Waals surface area contributed by atoms with Gasteiger partial charge in [0.2, 0.25) is 0 Å². The van der Waals surface area contributed by atoms with Crippen LogP contribution in [0.5, 0.6) is 0 Å². The number of carboxylic acid groups (broad SMARTS) is 1. The van der Waals surface area contributed by atoms with E-state index in [1.807, 2.05) is 6.92 Å². The molecule has 1 rings (SSSR count). The van der Waals surface area contributed by atoms with Gasteiger partial charge in [-0.1, -0.05) is 13.8 Å². The summed E-state index contributed by atoms with van der Waals surface area (Å²) in [5.41, 5.74) is -0.795. The second kappa shape index (κ2) is 7.25. The van der Waals surface area contributed by atoms with Gasteiger partial charge in [-0.25, -0.2) is 0 Å².